The maximum atomic E-state index is 11.7. The van der Waals surface area contributed by atoms with Crippen LogP contribution in [0, 0.1) is 11.8 Å². The van der Waals surface area contributed by atoms with Crippen LogP contribution in [-0.4, -0.2) is 38.7 Å². The molecule has 26 heavy (non-hydrogen) atoms. The van der Waals surface area contributed by atoms with Crippen molar-refractivity contribution in [2.75, 3.05) is 6.26 Å². The van der Waals surface area contributed by atoms with E-state index in [4.69, 9.17) is 0 Å². The molecule has 0 fully saturated rings. The summed E-state index contributed by atoms with van der Waals surface area (Å²) in [5, 5.41) is 8.54. The van der Waals surface area contributed by atoms with Gasteiger partial charge in [0, 0.05) is 48.2 Å². The standard InChI is InChI=1S/C19H18N4O2S/c1-12(13-3-5-14(6-4-13)26(2,24)25)18-17(11-22-23-18)15-7-9-20-19-16(15)8-10-21-19/h3-12,15,17H,1-2H3. The van der Waals surface area contributed by atoms with Crippen molar-refractivity contribution in [3.05, 3.63) is 53.8 Å². The van der Waals surface area contributed by atoms with Crippen LogP contribution in [0.3, 0.4) is 0 Å². The minimum absolute atomic E-state index is 0.0229. The molecule has 3 atom stereocenters. The molecule has 0 spiro atoms. The van der Waals surface area contributed by atoms with Gasteiger partial charge >= 0.3 is 0 Å². The van der Waals surface area contributed by atoms with Crippen molar-refractivity contribution in [2.24, 2.45) is 32.0 Å². The average molecular weight is 366 g/mol. The summed E-state index contributed by atoms with van der Waals surface area (Å²) in [5.41, 5.74) is 3.05. The molecule has 0 N–H and O–H groups in total. The zero-order valence-corrected chi connectivity index (χ0v) is 15.3. The van der Waals surface area contributed by atoms with E-state index in [1.165, 1.54) is 6.26 Å². The highest BCUT2D eigenvalue weighted by molar-refractivity contribution is 7.90. The van der Waals surface area contributed by atoms with Gasteiger partial charge in [-0.05, 0) is 23.8 Å². The molecule has 0 saturated heterocycles. The fourth-order valence-electron chi connectivity index (χ4n) is 3.47. The summed E-state index contributed by atoms with van der Waals surface area (Å²) in [4.78, 5) is 8.90. The van der Waals surface area contributed by atoms with Gasteiger partial charge < -0.3 is 0 Å². The zero-order valence-electron chi connectivity index (χ0n) is 14.4. The predicted molar refractivity (Wildman–Crippen MR) is 104 cm³/mol. The maximum absolute atomic E-state index is 11.7. The largest absolute Gasteiger partial charge is 0.237 e. The van der Waals surface area contributed by atoms with Crippen LogP contribution in [-0.2, 0) is 9.84 Å². The molecule has 0 aromatic heterocycles. The Hall–Kier alpha value is -2.67. The Labute approximate surface area is 152 Å². The Morgan fingerprint density at radius 3 is 2.62 bits per heavy atom. The third kappa shape index (κ3) is 2.88. The van der Waals surface area contributed by atoms with E-state index in [-0.39, 0.29) is 17.8 Å². The first-order valence-electron chi connectivity index (χ1n) is 8.35. The lowest BCUT2D eigenvalue weighted by atomic mass is 9.77. The summed E-state index contributed by atoms with van der Waals surface area (Å²) >= 11 is 0. The molecule has 6 nitrogen and oxygen atoms in total. The molecule has 0 saturated carbocycles. The zero-order chi connectivity index (χ0) is 18.3. The normalized spacial score (nSPS) is 24.9. The molecule has 3 aliphatic rings. The molecule has 3 aliphatic heterocycles. The third-order valence-electron chi connectivity index (χ3n) is 4.94. The lowest BCUT2D eigenvalue weighted by molar-refractivity contribution is 0.602. The molecule has 1 aromatic carbocycles. The van der Waals surface area contributed by atoms with E-state index >= 15 is 0 Å². The highest BCUT2D eigenvalue weighted by Crippen LogP contribution is 2.35. The van der Waals surface area contributed by atoms with E-state index < -0.39 is 9.84 Å². The van der Waals surface area contributed by atoms with Crippen LogP contribution < -0.4 is 0 Å². The summed E-state index contributed by atoms with van der Waals surface area (Å²) in [6, 6.07) is 6.98. The monoisotopic (exact) mass is 366 g/mol. The van der Waals surface area contributed by atoms with Gasteiger partial charge in [-0.3, -0.25) is 0 Å². The molecule has 0 aliphatic carbocycles. The van der Waals surface area contributed by atoms with Crippen molar-refractivity contribution >= 4 is 33.8 Å². The van der Waals surface area contributed by atoms with Crippen LogP contribution in [0.25, 0.3) is 0 Å². The number of rotatable bonds is 4. The quantitative estimate of drug-likeness (QED) is 0.821. The van der Waals surface area contributed by atoms with E-state index in [1.807, 2.05) is 24.4 Å². The van der Waals surface area contributed by atoms with E-state index in [0.29, 0.717) is 4.90 Å². The predicted octanol–water partition coefficient (Wildman–Crippen LogP) is 2.80. The van der Waals surface area contributed by atoms with Gasteiger partial charge in [-0.1, -0.05) is 25.1 Å². The van der Waals surface area contributed by atoms with Crippen molar-refractivity contribution in [1.82, 2.24) is 0 Å². The van der Waals surface area contributed by atoms with Crippen LogP contribution in [0.1, 0.15) is 18.4 Å². The van der Waals surface area contributed by atoms with Gasteiger partial charge in [-0.15, -0.1) is 0 Å². The van der Waals surface area contributed by atoms with Crippen molar-refractivity contribution in [3.8, 4) is 0 Å². The molecule has 1 aromatic rings. The first-order valence-corrected chi connectivity index (χ1v) is 10.2. The minimum Gasteiger partial charge on any atom is -0.237 e. The number of hydrogen-bond donors (Lipinski definition) is 0. The second-order valence-electron chi connectivity index (χ2n) is 6.60. The molecule has 0 radical (unpaired) electrons. The fourth-order valence-corrected chi connectivity index (χ4v) is 4.10. The summed E-state index contributed by atoms with van der Waals surface area (Å²) in [6.07, 6.45) is 10.7. The Bertz CT molecular complexity index is 1030. The summed E-state index contributed by atoms with van der Waals surface area (Å²) < 4.78 is 23.3. The highest BCUT2D eigenvalue weighted by atomic mass is 32.2. The van der Waals surface area contributed by atoms with Crippen molar-refractivity contribution in [3.63, 3.8) is 0 Å². The number of sulfone groups is 1. The Kier molecular flexibility index (Phi) is 4.03. The van der Waals surface area contributed by atoms with E-state index in [1.54, 1.807) is 24.5 Å². The van der Waals surface area contributed by atoms with Crippen LogP contribution in [0.4, 0.5) is 0 Å². The summed E-state index contributed by atoms with van der Waals surface area (Å²) in [6.45, 7) is 2.07. The number of aliphatic imine (C=N–C) groups is 2. The SMILES string of the molecule is CC(C1=NN=CC1C1C=CN=C2N=CC=C21)c1ccc(S(C)(=O)=O)cc1. The second-order valence-corrected chi connectivity index (χ2v) is 8.61. The van der Waals surface area contributed by atoms with Crippen LogP contribution in [0.5, 0.6) is 0 Å². The Morgan fingerprint density at radius 2 is 1.88 bits per heavy atom. The van der Waals surface area contributed by atoms with E-state index in [0.717, 1.165) is 22.7 Å². The minimum atomic E-state index is -3.20. The average Bonchev–Trinajstić information content (AvgIpc) is 3.29. The van der Waals surface area contributed by atoms with Gasteiger partial charge in [0.25, 0.3) is 0 Å². The maximum Gasteiger partial charge on any atom is 0.175 e. The van der Waals surface area contributed by atoms with Crippen LogP contribution in [0.2, 0.25) is 0 Å². The molecule has 0 amide bonds. The molecule has 3 heterocycles. The smallest absolute Gasteiger partial charge is 0.175 e. The van der Waals surface area contributed by atoms with Crippen LogP contribution in [0.15, 0.2) is 73.3 Å². The molecule has 4 rings (SSSR count). The van der Waals surface area contributed by atoms with Gasteiger partial charge in [-0.25, -0.2) is 18.4 Å². The van der Waals surface area contributed by atoms with Crippen molar-refractivity contribution in [2.45, 2.75) is 17.7 Å². The fraction of sp³-hybridized carbons (Fsp3) is 0.263. The van der Waals surface area contributed by atoms with Crippen molar-refractivity contribution in [1.29, 1.82) is 0 Å². The molecule has 3 unspecified atom stereocenters. The summed E-state index contributed by atoms with van der Waals surface area (Å²) in [7, 11) is -3.20. The molecular weight excluding hydrogens is 348 g/mol. The van der Waals surface area contributed by atoms with Gasteiger partial charge in [0.05, 0.1) is 10.6 Å². The number of amidine groups is 1. The topological polar surface area (TPSA) is 83.6 Å². The number of benzene rings is 1. The van der Waals surface area contributed by atoms with Gasteiger partial charge in [0.1, 0.15) is 0 Å². The van der Waals surface area contributed by atoms with Gasteiger partial charge in [0.2, 0.25) is 0 Å². The van der Waals surface area contributed by atoms with Gasteiger partial charge in [-0.2, -0.15) is 10.2 Å². The summed E-state index contributed by atoms with van der Waals surface area (Å²) in [5.74, 6) is 0.916. The molecule has 0 bridgehead atoms. The van der Waals surface area contributed by atoms with Crippen molar-refractivity contribution < 1.29 is 8.42 Å². The van der Waals surface area contributed by atoms with E-state index in [9.17, 15) is 8.42 Å². The second kappa shape index (κ2) is 6.25. The number of nitrogens with zero attached hydrogens (tertiary/aromatic N) is 4. The van der Waals surface area contributed by atoms with Crippen LogP contribution >= 0.6 is 0 Å². The highest BCUT2D eigenvalue weighted by Gasteiger charge is 2.35. The molecule has 132 valence electrons. The Balaban J connectivity index is 1.60. The van der Waals surface area contributed by atoms with Gasteiger partial charge in [0.15, 0.2) is 15.7 Å². The molecular formula is C19H18N4O2S. The third-order valence-corrected chi connectivity index (χ3v) is 6.07. The lowest BCUT2D eigenvalue weighted by Gasteiger charge is -2.25. The molecule has 7 heteroatoms. The number of fused-ring (bicyclic) bond motifs is 1. The van der Waals surface area contributed by atoms with E-state index in [2.05, 4.69) is 33.2 Å². The first-order chi connectivity index (χ1) is 12.4. The number of hydrogen-bond acceptors (Lipinski definition) is 6. The number of allylic oxidation sites excluding steroid dienone is 2. The Morgan fingerprint density at radius 1 is 1.12 bits per heavy atom. The lowest BCUT2D eigenvalue weighted by Crippen LogP contribution is -2.29. The first kappa shape index (κ1) is 16.8.